The zero-order valence-electron chi connectivity index (χ0n) is 11.1. The summed E-state index contributed by atoms with van der Waals surface area (Å²) in [5.41, 5.74) is 1.25. The average Bonchev–Trinajstić information content (AvgIpc) is 3.12. The van der Waals surface area contributed by atoms with E-state index in [0.29, 0.717) is 6.04 Å². The molecule has 2 heteroatoms. The second-order valence-corrected chi connectivity index (χ2v) is 5.22. The summed E-state index contributed by atoms with van der Waals surface area (Å²) in [6.07, 6.45) is 2.81. The van der Waals surface area contributed by atoms with Gasteiger partial charge in [0, 0.05) is 12.6 Å². The Kier molecular flexibility index (Phi) is 4.06. The molecule has 2 nitrogen and oxygen atoms in total. The van der Waals surface area contributed by atoms with E-state index in [9.17, 15) is 0 Å². The van der Waals surface area contributed by atoms with E-state index in [4.69, 9.17) is 4.74 Å². The van der Waals surface area contributed by atoms with Crippen LogP contribution in [0.3, 0.4) is 0 Å². The van der Waals surface area contributed by atoms with Crippen molar-refractivity contribution in [3.8, 4) is 5.75 Å². The molecule has 2 rings (SSSR count). The Morgan fingerprint density at radius 1 is 1.41 bits per heavy atom. The van der Waals surface area contributed by atoms with Gasteiger partial charge < -0.3 is 9.64 Å². The van der Waals surface area contributed by atoms with Crippen LogP contribution in [0, 0.1) is 12.8 Å². The standard InChI is InChI=1S/C15H23NO/c1-12-5-4-6-15(11-12)17-10-9-16(3)13(2)14-7-8-14/h4-6,11,13-14H,7-10H2,1-3H3. The van der Waals surface area contributed by atoms with Crippen molar-refractivity contribution in [3.63, 3.8) is 0 Å². The second-order valence-electron chi connectivity index (χ2n) is 5.22. The molecule has 1 unspecified atom stereocenters. The van der Waals surface area contributed by atoms with Crippen LogP contribution in [0.25, 0.3) is 0 Å². The Bertz CT molecular complexity index is 360. The quantitative estimate of drug-likeness (QED) is 0.748. The lowest BCUT2D eigenvalue weighted by Crippen LogP contribution is -2.34. The number of ether oxygens (including phenoxy) is 1. The van der Waals surface area contributed by atoms with Crippen molar-refractivity contribution >= 4 is 0 Å². The summed E-state index contributed by atoms with van der Waals surface area (Å²) in [6.45, 7) is 6.20. The first kappa shape index (κ1) is 12.4. The third-order valence-electron chi connectivity index (χ3n) is 3.70. The van der Waals surface area contributed by atoms with E-state index in [-0.39, 0.29) is 0 Å². The minimum absolute atomic E-state index is 0.705. The van der Waals surface area contributed by atoms with Gasteiger partial charge in [0.05, 0.1) is 0 Å². The molecule has 1 aliphatic carbocycles. The van der Waals surface area contributed by atoms with Crippen LogP contribution in [0.4, 0.5) is 0 Å². The highest BCUT2D eigenvalue weighted by Gasteiger charge is 2.30. The van der Waals surface area contributed by atoms with Crippen LogP contribution in [-0.4, -0.2) is 31.1 Å². The molecule has 0 saturated heterocycles. The van der Waals surface area contributed by atoms with Crippen LogP contribution >= 0.6 is 0 Å². The van der Waals surface area contributed by atoms with Gasteiger partial charge in [0.25, 0.3) is 0 Å². The summed E-state index contributed by atoms with van der Waals surface area (Å²) in [6, 6.07) is 8.95. The molecule has 1 aliphatic rings. The summed E-state index contributed by atoms with van der Waals surface area (Å²) in [7, 11) is 2.20. The molecular formula is C15H23NO. The van der Waals surface area contributed by atoms with Crippen molar-refractivity contribution in [2.24, 2.45) is 5.92 Å². The van der Waals surface area contributed by atoms with Gasteiger partial charge in [-0.1, -0.05) is 12.1 Å². The Balaban J connectivity index is 1.71. The lowest BCUT2D eigenvalue weighted by Gasteiger charge is -2.24. The van der Waals surface area contributed by atoms with Crippen molar-refractivity contribution in [1.82, 2.24) is 4.90 Å². The van der Waals surface area contributed by atoms with E-state index in [0.717, 1.165) is 24.8 Å². The number of nitrogens with zero attached hydrogens (tertiary/aromatic N) is 1. The highest BCUT2D eigenvalue weighted by molar-refractivity contribution is 5.27. The van der Waals surface area contributed by atoms with Gasteiger partial charge in [0.1, 0.15) is 12.4 Å². The lowest BCUT2D eigenvalue weighted by molar-refractivity contribution is 0.186. The fourth-order valence-corrected chi connectivity index (χ4v) is 2.15. The zero-order chi connectivity index (χ0) is 12.3. The molecule has 0 amide bonds. The van der Waals surface area contributed by atoms with Gasteiger partial charge in [-0.15, -0.1) is 0 Å². The third kappa shape index (κ3) is 3.74. The zero-order valence-corrected chi connectivity index (χ0v) is 11.1. The Morgan fingerprint density at radius 3 is 2.82 bits per heavy atom. The van der Waals surface area contributed by atoms with Gasteiger partial charge >= 0.3 is 0 Å². The van der Waals surface area contributed by atoms with Gasteiger partial charge in [0.2, 0.25) is 0 Å². The molecule has 0 aromatic heterocycles. The lowest BCUT2D eigenvalue weighted by atomic mass is 10.2. The van der Waals surface area contributed by atoms with E-state index in [2.05, 4.69) is 37.9 Å². The van der Waals surface area contributed by atoms with E-state index >= 15 is 0 Å². The summed E-state index contributed by atoms with van der Waals surface area (Å²) in [5, 5.41) is 0. The molecule has 0 N–H and O–H groups in total. The number of hydrogen-bond donors (Lipinski definition) is 0. The maximum atomic E-state index is 5.77. The van der Waals surface area contributed by atoms with E-state index < -0.39 is 0 Å². The van der Waals surface area contributed by atoms with Crippen molar-refractivity contribution in [1.29, 1.82) is 0 Å². The van der Waals surface area contributed by atoms with Crippen molar-refractivity contribution in [2.45, 2.75) is 32.7 Å². The molecule has 0 heterocycles. The molecule has 17 heavy (non-hydrogen) atoms. The normalized spacial score (nSPS) is 17.2. The van der Waals surface area contributed by atoms with Crippen molar-refractivity contribution in [2.75, 3.05) is 20.2 Å². The predicted molar refractivity (Wildman–Crippen MR) is 71.5 cm³/mol. The first-order valence-electron chi connectivity index (χ1n) is 6.56. The Labute approximate surface area is 105 Å². The first-order valence-corrected chi connectivity index (χ1v) is 6.56. The topological polar surface area (TPSA) is 12.5 Å². The number of benzene rings is 1. The smallest absolute Gasteiger partial charge is 0.119 e. The van der Waals surface area contributed by atoms with Gasteiger partial charge in [-0.3, -0.25) is 0 Å². The first-order chi connectivity index (χ1) is 8.16. The molecule has 0 bridgehead atoms. The largest absolute Gasteiger partial charge is 0.492 e. The SMILES string of the molecule is Cc1cccc(OCCN(C)C(C)C2CC2)c1. The maximum Gasteiger partial charge on any atom is 0.119 e. The molecule has 1 atom stereocenters. The highest BCUT2D eigenvalue weighted by atomic mass is 16.5. The van der Waals surface area contributed by atoms with E-state index in [1.807, 2.05) is 12.1 Å². The highest BCUT2D eigenvalue weighted by Crippen LogP contribution is 2.34. The summed E-state index contributed by atoms with van der Waals surface area (Å²) < 4.78 is 5.77. The monoisotopic (exact) mass is 233 g/mol. The van der Waals surface area contributed by atoms with Crippen molar-refractivity contribution < 1.29 is 4.74 Å². The van der Waals surface area contributed by atoms with Crippen LogP contribution < -0.4 is 4.74 Å². The van der Waals surface area contributed by atoms with Crippen LogP contribution in [0.1, 0.15) is 25.3 Å². The minimum atomic E-state index is 0.705. The van der Waals surface area contributed by atoms with Crippen LogP contribution in [0.5, 0.6) is 5.75 Å². The minimum Gasteiger partial charge on any atom is -0.492 e. The van der Waals surface area contributed by atoms with Gasteiger partial charge in [-0.2, -0.15) is 0 Å². The fraction of sp³-hybridized carbons (Fsp3) is 0.600. The van der Waals surface area contributed by atoms with Crippen molar-refractivity contribution in [3.05, 3.63) is 29.8 Å². The van der Waals surface area contributed by atoms with Crippen LogP contribution in [-0.2, 0) is 0 Å². The Morgan fingerprint density at radius 2 is 2.18 bits per heavy atom. The molecule has 0 spiro atoms. The molecule has 1 aromatic rings. The predicted octanol–water partition coefficient (Wildman–Crippen LogP) is 3.10. The van der Waals surface area contributed by atoms with Crippen LogP contribution in [0.2, 0.25) is 0 Å². The maximum absolute atomic E-state index is 5.77. The molecule has 0 radical (unpaired) electrons. The molecule has 1 saturated carbocycles. The Hall–Kier alpha value is -1.02. The van der Waals surface area contributed by atoms with Gasteiger partial charge in [0.15, 0.2) is 0 Å². The van der Waals surface area contributed by atoms with Gasteiger partial charge in [-0.05, 0) is 57.4 Å². The van der Waals surface area contributed by atoms with E-state index in [1.165, 1.54) is 18.4 Å². The summed E-state index contributed by atoms with van der Waals surface area (Å²) >= 11 is 0. The second kappa shape index (κ2) is 5.54. The molecule has 0 aliphatic heterocycles. The number of rotatable bonds is 6. The summed E-state index contributed by atoms with van der Waals surface area (Å²) in [5.74, 6) is 1.91. The number of hydrogen-bond acceptors (Lipinski definition) is 2. The molecule has 1 aromatic carbocycles. The molecule has 94 valence electrons. The fourth-order valence-electron chi connectivity index (χ4n) is 2.15. The van der Waals surface area contributed by atoms with Gasteiger partial charge in [-0.25, -0.2) is 0 Å². The number of likely N-dealkylation sites (N-methyl/N-ethyl adjacent to an activating group) is 1. The molecule has 1 fully saturated rings. The number of aryl methyl sites for hydroxylation is 1. The van der Waals surface area contributed by atoms with E-state index in [1.54, 1.807) is 0 Å². The summed E-state index contributed by atoms with van der Waals surface area (Å²) in [4.78, 5) is 2.41. The molecular weight excluding hydrogens is 210 g/mol. The average molecular weight is 233 g/mol. The third-order valence-corrected chi connectivity index (χ3v) is 3.70. The van der Waals surface area contributed by atoms with Crippen LogP contribution in [0.15, 0.2) is 24.3 Å².